The maximum absolute atomic E-state index is 14.1. The summed E-state index contributed by atoms with van der Waals surface area (Å²) in [6, 6.07) is 2.49. The van der Waals surface area contributed by atoms with Gasteiger partial charge in [0.1, 0.15) is 5.82 Å². The minimum Gasteiger partial charge on any atom is -0.314 e. The fourth-order valence-corrected chi connectivity index (χ4v) is 2.60. The number of nitrogens with one attached hydrogen (secondary N) is 1. The molecular formula is C15H18F4N2. The molecule has 0 bridgehead atoms. The average molecular weight is 302 g/mol. The highest BCUT2D eigenvalue weighted by molar-refractivity contribution is 5.29. The van der Waals surface area contributed by atoms with Gasteiger partial charge in [-0.15, -0.1) is 6.58 Å². The van der Waals surface area contributed by atoms with Crippen LogP contribution in [0.3, 0.4) is 0 Å². The lowest BCUT2D eigenvalue weighted by Crippen LogP contribution is -2.45. The molecule has 1 saturated heterocycles. The van der Waals surface area contributed by atoms with Gasteiger partial charge in [-0.1, -0.05) is 12.1 Å². The lowest BCUT2D eigenvalue weighted by molar-refractivity contribution is -0.137. The number of hydrogen-bond donors (Lipinski definition) is 1. The molecule has 1 heterocycles. The van der Waals surface area contributed by atoms with E-state index >= 15 is 0 Å². The number of piperazine rings is 1. The molecule has 0 spiro atoms. The van der Waals surface area contributed by atoms with Crippen LogP contribution < -0.4 is 5.32 Å². The maximum atomic E-state index is 14.1. The summed E-state index contributed by atoms with van der Waals surface area (Å²) in [6.07, 6.45) is -2.35. The standard InChI is InChI=1S/C15H18F4N2/c1-2-3-14(21-8-6-20-7-9-21)12-5-4-11(10-13(12)16)15(17,18)19/h2,4-5,10,14,20H,1,3,6-9H2/t14-/m0/s1. The Bertz CT molecular complexity index is 493. The summed E-state index contributed by atoms with van der Waals surface area (Å²) in [5.41, 5.74) is -0.661. The van der Waals surface area contributed by atoms with Gasteiger partial charge in [0, 0.05) is 37.8 Å². The van der Waals surface area contributed by atoms with Gasteiger partial charge in [-0.3, -0.25) is 4.90 Å². The summed E-state index contributed by atoms with van der Waals surface area (Å²) in [5, 5.41) is 3.20. The van der Waals surface area contributed by atoms with E-state index in [9.17, 15) is 17.6 Å². The van der Waals surface area contributed by atoms with Crippen molar-refractivity contribution in [3.63, 3.8) is 0 Å². The van der Waals surface area contributed by atoms with Crippen molar-refractivity contribution in [1.29, 1.82) is 0 Å². The predicted molar refractivity (Wildman–Crippen MR) is 73.4 cm³/mol. The van der Waals surface area contributed by atoms with Crippen molar-refractivity contribution in [2.75, 3.05) is 26.2 Å². The van der Waals surface area contributed by atoms with Crippen molar-refractivity contribution in [1.82, 2.24) is 10.2 Å². The second kappa shape index (κ2) is 6.58. The minimum atomic E-state index is -4.53. The largest absolute Gasteiger partial charge is 0.416 e. The normalized spacial score (nSPS) is 18.5. The summed E-state index contributed by atoms with van der Waals surface area (Å²) < 4.78 is 51.9. The van der Waals surface area contributed by atoms with E-state index < -0.39 is 17.6 Å². The summed E-state index contributed by atoms with van der Waals surface area (Å²) in [7, 11) is 0. The van der Waals surface area contributed by atoms with Crippen LogP contribution in [0.25, 0.3) is 0 Å². The summed E-state index contributed by atoms with van der Waals surface area (Å²) >= 11 is 0. The van der Waals surface area contributed by atoms with Gasteiger partial charge in [0.2, 0.25) is 0 Å². The molecule has 0 amide bonds. The molecule has 1 aromatic carbocycles. The number of halogens is 4. The first-order valence-electron chi connectivity index (χ1n) is 6.86. The Balaban J connectivity index is 2.29. The quantitative estimate of drug-likeness (QED) is 0.677. The van der Waals surface area contributed by atoms with E-state index in [1.165, 1.54) is 6.07 Å². The molecule has 2 rings (SSSR count). The van der Waals surface area contributed by atoms with E-state index in [0.717, 1.165) is 32.2 Å². The van der Waals surface area contributed by atoms with Crippen molar-refractivity contribution in [3.8, 4) is 0 Å². The Hall–Kier alpha value is -1.40. The van der Waals surface area contributed by atoms with Crippen LogP contribution in [0.5, 0.6) is 0 Å². The number of rotatable bonds is 4. The molecule has 1 aromatic rings. The highest BCUT2D eigenvalue weighted by Gasteiger charge is 2.32. The molecule has 0 saturated carbocycles. The van der Waals surface area contributed by atoms with Crippen LogP contribution >= 0.6 is 0 Å². The Morgan fingerprint density at radius 3 is 2.48 bits per heavy atom. The molecule has 0 radical (unpaired) electrons. The van der Waals surface area contributed by atoms with Crippen molar-refractivity contribution in [3.05, 3.63) is 47.8 Å². The number of benzene rings is 1. The average Bonchev–Trinajstić information content (AvgIpc) is 2.45. The molecule has 0 aliphatic carbocycles. The molecule has 1 atom stereocenters. The third kappa shape index (κ3) is 3.83. The zero-order chi connectivity index (χ0) is 15.5. The molecule has 21 heavy (non-hydrogen) atoms. The van der Waals surface area contributed by atoms with E-state index in [1.54, 1.807) is 6.08 Å². The molecule has 1 fully saturated rings. The van der Waals surface area contributed by atoms with Gasteiger partial charge in [-0.25, -0.2) is 4.39 Å². The lowest BCUT2D eigenvalue weighted by atomic mass is 9.99. The van der Waals surface area contributed by atoms with E-state index in [-0.39, 0.29) is 6.04 Å². The van der Waals surface area contributed by atoms with E-state index in [0.29, 0.717) is 18.1 Å². The Morgan fingerprint density at radius 1 is 1.29 bits per heavy atom. The van der Waals surface area contributed by atoms with Gasteiger partial charge in [0.05, 0.1) is 5.56 Å². The van der Waals surface area contributed by atoms with Crippen LogP contribution in [-0.4, -0.2) is 31.1 Å². The van der Waals surface area contributed by atoms with Gasteiger partial charge < -0.3 is 5.32 Å². The Kier molecular flexibility index (Phi) is 5.00. The number of nitrogens with zero attached hydrogens (tertiary/aromatic N) is 1. The first-order valence-corrected chi connectivity index (χ1v) is 6.86. The van der Waals surface area contributed by atoms with Crippen LogP contribution in [0.2, 0.25) is 0 Å². The summed E-state index contributed by atoms with van der Waals surface area (Å²) in [4.78, 5) is 2.07. The SMILES string of the molecule is C=CC[C@@H](c1ccc(C(F)(F)F)cc1F)N1CCNCC1. The van der Waals surface area contributed by atoms with E-state index in [2.05, 4.69) is 16.8 Å². The molecule has 2 nitrogen and oxygen atoms in total. The molecule has 0 aromatic heterocycles. The van der Waals surface area contributed by atoms with Crippen LogP contribution in [-0.2, 0) is 6.18 Å². The second-order valence-corrected chi connectivity index (χ2v) is 5.06. The third-order valence-corrected chi connectivity index (χ3v) is 3.67. The zero-order valence-electron chi connectivity index (χ0n) is 11.6. The van der Waals surface area contributed by atoms with Crippen LogP contribution in [0.15, 0.2) is 30.9 Å². The van der Waals surface area contributed by atoms with E-state index in [1.807, 2.05) is 0 Å². The molecular weight excluding hydrogens is 284 g/mol. The smallest absolute Gasteiger partial charge is 0.314 e. The minimum absolute atomic E-state index is 0.271. The van der Waals surface area contributed by atoms with Gasteiger partial charge in [0.25, 0.3) is 0 Å². The maximum Gasteiger partial charge on any atom is 0.416 e. The van der Waals surface area contributed by atoms with Crippen molar-refractivity contribution < 1.29 is 17.6 Å². The van der Waals surface area contributed by atoms with Gasteiger partial charge in [0.15, 0.2) is 0 Å². The van der Waals surface area contributed by atoms with Crippen LogP contribution in [0.4, 0.5) is 17.6 Å². The fraction of sp³-hybridized carbons (Fsp3) is 0.467. The molecule has 1 N–H and O–H groups in total. The summed E-state index contributed by atoms with van der Waals surface area (Å²) in [5.74, 6) is -0.810. The molecule has 0 unspecified atom stereocenters. The monoisotopic (exact) mass is 302 g/mol. The topological polar surface area (TPSA) is 15.3 Å². The highest BCUT2D eigenvalue weighted by atomic mass is 19.4. The van der Waals surface area contributed by atoms with Crippen molar-refractivity contribution in [2.45, 2.75) is 18.6 Å². The van der Waals surface area contributed by atoms with Crippen LogP contribution in [0, 0.1) is 5.82 Å². The third-order valence-electron chi connectivity index (χ3n) is 3.67. The summed E-state index contributed by atoms with van der Waals surface area (Å²) in [6.45, 7) is 6.71. The number of hydrogen-bond acceptors (Lipinski definition) is 2. The van der Waals surface area contributed by atoms with Crippen molar-refractivity contribution in [2.24, 2.45) is 0 Å². The fourth-order valence-electron chi connectivity index (χ4n) is 2.60. The molecule has 116 valence electrons. The highest BCUT2D eigenvalue weighted by Crippen LogP contribution is 2.33. The van der Waals surface area contributed by atoms with Crippen molar-refractivity contribution >= 4 is 0 Å². The Labute approximate surface area is 121 Å². The molecule has 1 aliphatic rings. The predicted octanol–water partition coefficient (Wildman–Crippen LogP) is 3.37. The first-order chi connectivity index (χ1) is 9.93. The molecule has 6 heteroatoms. The second-order valence-electron chi connectivity index (χ2n) is 5.06. The molecule has 1 aliphatic heterocycles. The van der Waals surface area contributed by atoms with E-state index in [4.69, 9.17) is 0 Å². The van der Waals surface area contributed by atoms with Gasteiger partial charge >= 0.3 is 6.18 Å². The lowest BCUT2D eigenvalue weighted by Gasteiger charge is -2.35. The zero-order valence-corrected chi connectivity index (χ0v) is 11.6. The number of alkyl halides is 3. The van der Waals surface area contributed by atoms with Gasteiger partial charge in [-0.05, 0) is 18.6 Å². The van der Waals surface area contributed by atoms with Crippen LogP contribution in [0.1, 0.15) is 23.6 Å². The Morgan fingerprint density at radius 2 is 1.95 bits per heavy atom. The van der Waals surface area contributed by atoms with Gasteiger partial charge in [-0.2, -0.15) is 13.2 Å². The first kappa shape index (κ1) is 16.0.